The second-order valence-corrected chi connectivity index (χ2v) is 2.96. The monoisotopic (exact) mass is 205 g/mol. The number of hydrogen-bond acceptors (Lipinski definition) is 5. The molecule has 0 aromatic rings. The van der Waals surface area contributed by atoms with Gasteiger partial charge in [0.1, 0.15) is 12.2 Å². The molecular formula is C8H15NO5. The molecule has 0 aliphatic carbocycles. The van der Waals surface area contributed by atoms with Crippen LogP contribution in [0.4, 0.5) is 0 Å². The van der Waals surface area contributed by atoms with Gasteiger partial charge in [-0.1, -0.05) is 12.2 Å². The molecular weight excluding hydrogens is 190 g/mol. The van der Waals surface area contributed by atoms with Crippen LogP contribution in [-0.2, 0) is 4.79 Å². The van der Waals surface area contributed by atoms with E-state index in [2.05, 4.69) is 0 Å². The molecule has 0 amide bonds. The molecule has 0 fully saturated rings. The summed E-state index contributed by atoms with van der Waals surface area (Å²) in [4.78, 5) is 10.6. The number of aliphatic hydroxyl groups excluding tert-OH is 3. The predicted octanol–water partition coefficient (Wildman–Crippen LogP) is -1.94. The molecule has 0 radical (unpaired) electrons. The van der Waals surface area contributed by atoms with Crippen LogP contribution >= 0.6 is 0 Å². The number of aliphatic carboxylic acids is 1. The van der Waals surface area contributed by atoms with Gasteiger partial charge in [-0.3, -0.25) is 4.79 Å². The van der Waals surface area contributed by atoms with Crippen molar-refractivity contribution in [2.24, 2.45) is 5.73 Å². The van der Waals surface area contributed by atoms with E-state index in [0.29, 0.717) is 0 Å². The van der Waals surface area contributed by atoms with E-state index in [1.165, 1.54) is 12.2 Å². The molecule has 0 aliphatic heterocycles. The van der Waals surface area contributed by atoms with E-state index in [9.17, 15) is 15.0 Å². The van der Waals surface area contributed by atoms with Crippen molar-refractivity contribution >= 4 is 5.97 Å². The highest BCUT2D eigenvalue weighted by atomic mass is 16.4. The molecule has 0 rings (SSSR count). The number of carbonyl (C=O) groups is 1. The molecule has 0 aliphatic rings. The third-order valence-corrected chi connectivity index (χ3v) is 1.90. The van der Waals surface area contributed by atoms with Crippen molar-refractivity contribution in [3.05, 3.63) is 12.2 Å². The van der Waals surface area contributed by atoms with Crippen LogP contribution in [0.1, 0.15) is 6.92 Å². The molecule has 0 heterocycles. The maximum atomic E-state index is 10.6. The summed E-state index contributed by atoms with van der Waals surface area (Å²) >= 11 is 0. The summed E-state index contributed by atoms with van der Waals surface area (Å²) in [7, 11) is 0. The zero-order valence-electron chi connectivity index (χ0n) is 7.79. The van der Waals surface area contributed by atoms with Crippen LogP contribution < -0.4 is 5.73 Å². The van der Waals surface area contributed by atoms with Gasteiger partial charge in [-0.2, -0.15) is 0 Å². The first-order valence-electron chi connectivity index (χ1n) is 4.02. The van der Waals surface area contributed by atoms with E-state index in [1.807, 2.05) is 0 Å². The van der Waals surface area contributed by atoms with Gasteiger partial charge in [-0.25, -0.2) is 0 Å². The minimum atomic E-state index is -2.25. The van der Waals surface area contributed by atoms with Crippen LogP contribution in [0.15, 0.2) is 12.2 Å². The van der Waals surface area contributed by atoms with E-state index in [4.69, 9.17) is 15.9 Å². The second kappa shape index (κ2) is 5.06. The van der Waals surface area contributed by atoms with Gasteiger partial charge >= 0.3 is 5.97 Å². The molecule has 0 aromatic heterocycles. The molecule has 3 unspecified atom stereocenters. The molecule has 3 atom stereocenters. The SMILES string of the molecule is C/C=C/C(O)C(O)C(N)(CO)C(=O)O. The molecule has 6 N–H and O–H groups in total. The van der Waals surface area contributed by atoms with Crippen molar-refractivity contribution in [3.8, 4) is 0 Å². The highest BCUT2D eigenvalue weighted by molar-refractivity contribution is 5.79. The van der Waals surface area contributed by atoms with Crippen LogP contribution in [0.3, 0.4) is 0 Å². The lowest BCUT2D eigenvalue weighted by Gasteiger charge is -2.29. The van der Waals surface area contributed by atoms with Crippen LogP contribution in [0.25, 0.3) is 0 Å². The van der Waals surface area contributed by atoms with Gasteiger partial charge in [0.15, 0.2) is 5.54 Å². The Kier molecular flexibility index (Phi) is 4.72. The molecule has 0 aromatic carbocycles. The van der Waals surface area contributed by atoms with Crippen LogP contribution in [0, 0.1) is 0 Å². The zero-order valence-corrected chi connectivity index (χ0v) is 7.79. The van der Waals surface area contributed by atoms with Crippen LogP contribution in [0.2, 0.25) is 0 Å². The third-order valence-electron chi connectivity index (χ3n) is 1.90. The average Bonchev–Trinajstić information content (AvgIpc) is 2.15. The predicted molar refractivity (Wildman–Crippen MR) is 48.5 cm³/mol. The minimum Gasteiger partial charge on any atom is -0.480 e. The summed E-state index contributed by atoms with van der Waals surface area (Å²) in [6, 6.07) is 0. The van der Waals surface area contributed by atoms with Crippen molar-refractivity contribution in [1.82, 2.24) is 0 Å². The number of carboxylic acids is 1. The van der Waals surface area contributed by atoms with Gasteiger partial charge in [0.05, 0.1) is 6.61 Å². The number of aliphatic hydroxyl groups is 3. The molecule has 0 saturated heterocycles. The Morgan fingerprint density at radius 3 is 2.36 bits per heavy atom. The Hall–Kier alpha value is -0.950. The van der Waals surface area contributed by atoms with E-state index >= 15 is 0 Å². The topological polar surface area (TPSA) is 124 Å². The van der Waals surface area contributed by atoms with E-state index < -0.39 is 30.3 Å². The maximum absolute atomic E-state index is 10.6. The Balaban J connectivity index is 4.77. The number of carboxylic acid groups (broad SMARTS) is 1. The summed E-state index contributed by atoms with van der Waals surface area (Å²) in [6.07, 6.45) is -0.562. The minimum absolute atomic E-state index is 0.960. The van der Waals surface area contributed by atoms with Gasteiger partial charge in [0.2, 0.25) is 0 Å². The fraction of sp³-hybridized carbons (Fsp3) is 0.625. The number of nitrogens with two attached hydrogens (primary N) is 1. The second-order valence-electron chi connectivity index (χ2n) is 2.96. The molecule has 0 bridgehead atoms. The Morgan fingerprint density at radius 2 is 2.07 bits per heavy atom. The fourth-order valence-electron chi connectivity index (χ4n) is 0.895. The van der Waals surface area contributed by atoms with Crippen LogP contribution in [0.5, 0.6) is 0 Å². The fourth-order valence-corrected chi connectivity index (χ4v) is 0.895. The third kappa shape index (κ3) is 2.52. The highest BCUT2D eigenvalue weighted by Gasteiger charge is 2.44. The van der Waals surface area contributed by atoms with Gasteiger partial charge in [0.25, 0.3) is 0 Å². The number of rotatable bonds is 5. The average molecular weight is 205 g/mol. The lowest BCUT2D eigenvalue weighted by atomic mass is 9.90. The Morgan fingerprint density at radius 1 is 1.57 bits per heavy atom. The summed E-state index contributed by atoms with van der Waals surface area (Å²) in [5.74, 6) is -1.57. The van der Waals surface area contributed by atoms with Gasteiger partial charge in [-0.05, 0) is 6.92 Å². The summed E-state index contributed by atoms with van der Waals surface area (Å²) in [5.41, 5.74) is 2.97. The van der Waals surface area contributed by atoms with Crippen molar-refractivity contribution in [1.29, 1.82) is 0 Å². The van der Waals surface area contributed by atoms with Gasteiger partial charge in [-0.15, -0.1) is 0 Å². The molecule has 14 heavy (non-hydrogen) atoms. The quantitative estimate of drug-likeness (QED) is 0.333. The summed E-state index contributed by atoms with van der Waals surface area (Å²) in [6.45, 7) is 0.631. The lowest BCUT2D eigenvalue weighted by molar-refractivity contribution is -0.153. The van der Waals surface area contributed by atoms with Crippen molar-refractivity contribution < 1.29 is 25.2 Å². The van der Waals surface area contributed by atoms with Crippen LogP contribution in [-0.4, -0.2) is 50.7 Å². The molecule has 0 spiro atoms. The number of hydrogen-bond donors (Lipinski definition) is 5. The largest absolute Gasteiger partial charge is 0.480 e. The molecule has 6 heteroatoms. The van der Waals surface area contributed by atoms with Crippen molar-refractivity contribution in [3.63, 3.8) is 0 Å². The summed E-state index contributed by atoms with van der Waals surface area (Å²) < 4.78 is 0. The van der Waals surface area contributed by atoms with E-state index in [0.717, 1.165) is 0 Å². The zero-order chi connectivity index (χ0) is 11.4. The lowest BCUT2D eigenvalue weighted by Crippen LogP contribution is -2.63. The highest BCUT2D eigenvalue weighted by Crippen LogP contribution is 2.12. The smallest absolute Gasteiger partial charge is 0.328 e. The normalized spacial score (nSPS) is 20.4. The number of allylic oxidation sites excluding steroid dienone is 1. The summed E-state index contributed by atoms with van der Waals surface area (Å²) in [5, 5.41) is 36.0. The molecule has 0 saturated carbocycles. The Bertz CT molecular complexity index is 230. The first kappa shape index (κ1) is 13.1. The van der Waals surface area contributed by atoms with Crippen molar-refractivity contribution in [2.45, 2.75) is 24.7 Å². The van der Waals surface area contributed by atoms with E-state index in [-0.39, 0.29) is 0 Å². The molecule has 6 nitrogen and oxygen atoms in total. The van der Waals surface area contributed by atoms with Crippen molar-refractivity contribution in [2.75, 3.05) is 6.61 Å². The maximum Gasteiger partial charge on any atom is 0.328 e. The van der Waals surface area contributed by atoms with Gasteiger partial charge < -0.3 is 26.2 Å². The first-order valence-corrected chi connectivity index (χ1v) is 4.02. The standard InChI is InChI=1S/C8H15NO5/c1-2-3-5(11)6(12)8(9,4-10)7(13)14/h2-3,5-6,10-12H,4,9H2,1H3,(H,13,14)/b3-2+. The Labute approximate surface area is 81.3 Å². The van der Waals surface area contributed by atoms with E-state index in [1.54, 1.807) is 6.92 Å². The molecule has 82 valence electrons. The first-order chi connectivity index (χ1) is 6.40. The van der Waals surface area contributed by atoms with Gasteiger partial charge in [0, 0.05) is 0 Å².